The first-order chi connectivity index (χ1) is 11.5. The Kier molecular flexibility index (Phi) is 7.69. The standard InChI is InChI=1S/C16H21ClF3N3O2/c1-4-23(8-14(24)21-10(2)3)9-15(25)22-13-6-5-11(17)7-12(13)16(18,19)20/h5-7,10H,4,8-9H2,1-3H3,(H,21,24)(H,22,25). The highest BCUT2D eigenvalue weighted by Crippen LogP contribution is 2.36. The minimum Gasteiger partial charge on any atom is -0.353 e. The third-order valence-electron chi connectivity index (χ3n) is 3.19. The van der Waals surface area contributed by atoms with E-state index in [1.807, 2.05) is 0 Å². The number of amides is 2. The van der Waals surface area contributed by atoms with Gasteiger partial charge in [0.15, 0.2) is 0 Å². The lowest BCUT2D eigenvalue weighted by Crippen LogP contribution is -2.42. The molecule has 2 amide bonds. The number of halogens is 4. The molecule has 0 aliphatic carbocycles. The molecule has 1 rings (SSSR count). The van der Waals surface area contributed by atoms with Gasteiger partial charge in [-0.1, -0.05) is 18.5 Å². The molecule has 0 unspecified atom stereocenters. The van der Waals surface area contributed by atoms with E-state index in [2.05, 4.69) is 10.6 Å². The van der Waals surface area contributed by atoms with Crippen LogP contribution in [0, 0.1) is 0 Å². The predicted octanol–water partition coefficient (Wildman–Crippen LogP) is 3.14. The molecule has 0 spiro atoms. The molecule has 0 radical (unpaired) electrons. The van der Waals surface area contributed by atoms with Crippen LogP contribution in [0.4, 0.5) is 18.9 Å². The van der Waals surface area contributed by atoms with Gasteiger partial charge in [0.05, 0.1) is 24.3 Å². The molecule has 0 heterocycles. The van der Waals surface area contributed by atoms with E-state index >= 15 is 0 Å². The van der Waals surface area contributed by atoms with Gasteiger partial charge in [0, 0.05) is 11.1 Å². The number of alkyl halides is 3. The lowest BCUT2D eigenvalue weighted by atomic mass is 10.1. The molecule has 0 aromatic heterocycles. The topological polar surface area (TPSA) is 61.4 Å². The maximum absolute atomic E-state index is 13.0. The van der Waals surface area contributed by atoms with E-state index in [0.717, 1.165) is 12.1 Å². The molecule has 0 bridgehead atoms. The van der Waals surface area contributed by atoms with E-state index in [1.165, 1.54) is 11.0 Å². The Morgan fingerprint density at radius 3 is 2.32 bits per heavy atom. The number of anilines is 1. The Morgan fingerprint density at radius 2 is 1.80 bits per heavy atom. The number of rotatable bonds is 7. The number of carbonyl (C=O) groups excluding carboxylic acids is 2. The lowest BCUT2D eigenvalue weighted by molar-refractivity contribution is -0.137. The predicted molar refractivity (Wildman–Crippen MR) is 90.5 cm³/mol. The van der Waals surface area contributed by atoms with Gasteiger partial charge in [0.25, 0.3) is 0 Å². The Hall–Kier alpha value is -1.80. The molecule has 0 aliphatic heterocycles. The molecule has 1 aromatic rings. The Balaban J connectivity index is 2.77. The molecule has 25 heavy (non-hydrogen) atoms. The quantitative estimate of drug-likeness (QED) is 0.765. The number of likely N-dealkylation sites (N-methyl/N-ethyl adjacent to an activating group) is 1. The summed E-state index contributed by atoms with van der Waals surface area (Å²) < 4.78 is 39.1. The van der Waals surface area contributed by atoms with Crippen molar-refractivity contribution in [1.29, 1.82) is 0 Å². The highest BCUT2D eigenvalue weighted by atomic mass is 35.5. The minimum atomic E-state index is -4.64. The van der Waals surface area contributed by atoms with Crippen LogP contribution in [0.1, 0.15) is 26.3 Å². The third-order valence-corrected chi connectivity index (χ3v) is 3.43. The fraction of sp³-hybridized carbons (Fsp3) is 0.500. The normalized spacial score (nSPS) is 11.7. The first-order valence-electron chi connectivity index (χ1n) is 7.71. The van der Waals surface area contributed by atoms with Crippen LogP contribution in [0.2, 0.25) is 5.02 Å². The van der Waals surface area contributed by atoms with Gasteiger partial charge in [-0.05, 0) is 38.6 Å². The molecule has 0 saturated heterocycles. The second kappa shape index (κ2) is 9.05. The SMILES string of the molecule is CCN(CC(=O)Nc1ccc(Cl)cc1C(F)(F)F)CC(=O)NC(C)C. The van der Waals surface area contributed by atoms with E-state index in [1.54, 1.807) is 20.8 Å². The van der Waals surface area contributed by atoms with Gasteiger partial charge in [-0.15, -0.1) is 0 Å². The molecule has 0 aliphatic rings. The minimum absolute atomic E-state index is 0.0190. The van der Waals surface area contributed by atoms with Crippen LogP contribution in [-0.2, 0) is 15.8 Å². The summed E-state index contributed by atoms with van der Waals surface area (Å²) in [5.74, 6) is -0.904. The number of benzene rings is 1. The third kappa shape index (κ3) is 7.31. The first kappa shape index (κ1) is 21.2. The average Bonchev–Trinajstić information content (AvgIpc) is 2.46. The molecule has 1 aromatic carbocycles. The molecule has 0 atom stereocenters. The van der Waals surface area contributed by atoms with Gasteiger partial charge in [-0.25, -0.2) is 0 Å². The first-order valence-corrected chi connectivity index (χ1v) is 8.09. The van der Waals surface area contributed by atoms with Gasteiger partial charge in [0.1, 0.15) is 0 Å². The van der Waals surface area contributed by atoms with E-state index in [0.29, 0.717) is 6.54 Å². The summed E-state index contributed by atoms with van der Waals surface area (Å²) in [4.78, 5) is 25.3. The number of carbonyl (C=O) groups is 2. The largest absolute Gasteiger partial charge is 0.418 e. The number of hydrogen-bond acceptors (Lipinski definition) is 3. The van der Waals surface area contributed by atoms with Gasteiger partial charge in [0.2, 0.25) is 11.8 Å². The van der Waals surface area contributed by atoms with Crippen molar-refractivity contribution in [2.45, 2.75) is 33.0 Å². The molecule has 0 fully saturated rings. The van der Waals surface area contributed by atoms with Crippen LogP contribution < -0.4 is 10.6 Å². The molecule has 5 nitrogen and oxygen atoms in total. The zero-order valence-corrected chi connectivity index (χ0v) is 15.0. The molecule has 9 heteroatoms. The maximum Gasteiger partial charge on any atom is 0.418 e. The lowest BCUT2D eigenvalue weighted by Gasteiger charge is -2.21. The van der Waals surface area contributed by atoms with Crippen molar-refractivity contribution in [3.05, 3.63) is 28.8 Å². The smallest absolute Gasteiger partial charge is 0.353 e. The van der Waals surface area contributed by atoms with E-state index in [4.69, 9.17) is 11.6 Å². The number of nitrogens with one attached hydrogen (secondary N) is 2. The zero-order valence-electron chi connectivity index (χ0n) is 14.2. The van der Waals surface area contributed by atoms with Crippen LogP contribution >= 0.6 is 11.6 Å². The van der Waals surface area contributed by atoms with Gasteiger partial charge in [-0.3, -0.25) is 14.5 Å². The summed E-state index contributed by atoms with van der Waals surface area (Å²) in [7, 11) is 0. The molecule has 140 valence electrons. The van der Waals surface area contributed by atoms with Gasteiger partial charge >= 0.3 is 6.18 Å². The Morgan fingerprint density at radius 1 is 1.20 bits per heavy atom. The van der Waals surface area contributed by atoms with Crippen molar-refractivity contribution in [1.82, 2.24) is 10.2 Å². The van der Waals surface area contributed by atoms with Crippen LogP contribution in [0.25, 0.3) is 0 Å². The monoisotopic (exact) mass is 379 g/mol. The average molecular weight is 380 g/mol. The Labute approximate surface area is 149 Å². The summed E-state index contributed by atoms with van der Waals surface area (Å²) in [5.41, 5.74) is -1.39. The van der Waals surface area contributed by atoms with Crippen LogP contribution in [0.3, 0.4) is 0 Å². The molecular weight excluding hydrogens is 359 g/mol. The fourth-order valence-corrected chi connectivity index (χ4v) is 2.28. The molecule has 2 N–H and O–H groups in total. The fourth-order valence-electron chi connectivity index (χ4n) is 2.10. The second-order valence-corrected chi connectivity index (χ2v) is 6.20. The maximum atomic E-state index is 13.0. The van der Waals surface area contributed by atoms with Crippen LogP contribution in [-0.4, -0.2) is 42.4 Å². The number of hydrogen-bond donors (Lipinski definition) is 2. The molecular formula is C16H21ClF3N3O2. The summed E-state index contributed by atoms with van der Waals surface area (Å²) in [6.07, 6.45) is -4.64. The van der Waals surface area contributed by atoms with Gasteiger partial charge < -0.3 is 10.6 Å². The van der Waals surface area contributed by atoms with Crippen molar-refractivity contribution >= 4 is 29.1 Å². The van der Waals surface area contributed by atoms with Crippen molar-refractivity contribution in [3.8, 4) is 0 Å². The van der Waals surface area contributed by atoms with E-state index in [9.17, 15) is 22.8 Å². The van der Waals surface area contributed by atoms with Crippen molar-refractivity contribution < 1.29 is 22.8 Å². The van der Waals surface area contributed by atoms with E-state index < -0.39 is 17.6 Å². The Bertz CT molecular complexity index is 621. The molecule has 0 saturated carbocycles. The summed E-state index contributed by atoms with van der Waals surface area (Å²) in [6.45, 7) is 5.53. The van der Waals surface area contributed by atoms with Crippen molar-refractivity contribution in [3.63, 3.8) is 0 Å². The summed E-state index contributed by atoms with van der Waals surface area (Å²) in [6, 6.07) is 3.08. The van der Waals surface area contributed by atoms with Crippen LogP contribution in [0.5, 0.6) is 0 Å². The van der Waals surface area contributed by atoms with E-state index in [-0.39, 0.29) is 35.7 Å². The summed E-state index contributed by atoms with van der Waals surface area (Å²) >= 11 is 5.60. The van der Waals surface area contributed by atoms with Crippen LogP contribution in [0.15, 0.2) is 18.2 Å². The van der Waals surface area contributed by atoms with Crippen molar-refractivity contribution in [2.75, 3.05) is 25.0 Å². The zero-order chi connectivity index (χ0) is 19.2. The van der Waals surface area contributed by atoms with Crippen molar-refractivity contribution in [2.24, 2.45) is 0 Å². The number of nitrogens with zero attached hydrogens (tertiary/aromatic N) is 1. The summed E-state index contributed by atoms with van der Waals surface area (Å²) in [5, 5.41) is 4.84. The second-order valence-electron chi connectivity index (χ2n) is 5.76. The van der Waals surface area contributed by atoms with Gasteiger partial charge in [-0.2, -0.15) is 13.2 Å². The highest BCUT2D eigenvalue weighted by Gasteiger charge is 2.34. The highest BCUT2D eigenvalue weighted by molar-refractivity contribution is 6.30.